The molecule has 0 saturated carbocycles. The molecule has 16 heavy (non-hydrogen) atoms. The maximum absolute atomic E-state index is 6.07. The zero-order valence-electron chi connectivity index (χ0n) is 10.8. The number of rotatable bonds is 6. The van der Waals surface area contributed by atoms with Gasteiger partial charge < -0.3 is 15.2 Å². The lowest BCUT2D eigenvalue weighted by molar-refractivity contribution is -0.0619. The maximum Gasteiger partial charge on any atom is 0.0875 e. The van der Waals surface area contributed by atoms with Crippen LogP contribution in [0.5, 0.6) is 0 Å². The van der Waals surface area contributed by atoms with E-state index in [4.69, 9.17) is 15.2 Å². The zero-order chi connectivity index (χ0) is 12.0. The molecule has 1 aliphatic rings. The SMILES string of the molecule is CCCOCC(N)C1CN(C(C)C)CCO1. The van der Waals surface area contributed by atoms with Crippen molar-refractivity contribution in [3.8, 4) is 0 Å². The van der Waals surface area contributed by atoms with Crippen LogP contribution >= 0.6 is 0 Å². The predicted octanol–water partition coefficient (Wildman–Crippen LogP) is 0.850. The molecule has 1 heterocycles. The van der Waals surface area contributed by atoms with Crippen molar-refractivity contribution in [2.24, 2.45) is 5.73 Å². The molecule has 1 fully saturated rings. The molecular formula is C12H26N2O2. The average molecular weight is 230 g/mol. The Balaban J connectivity index is 2.29. The summed E-state index contributed by atoms with van der Waals surface area (Å²) in [6.45, 7) is 10.6. The molecule has 1 saturated heterocycles. The molecule has 1 rings (SSSR count). The molecule has 0 aromatic rings. The van der Waals surface area contributed by atoms with Gasteiger partial charge in [-0.05, 0) is 20.3 Å². The standard InChI is InChI=1S/C12H26N2O2/c1-4-6-15-9-11(13)12-8-14(10(2)3)5-7-16-12/h10-12H,4-9,13H2,1-3H3. The third-order valence-corrected chi connectivity index (χ3v) is 2.99. The number of hydrogen-bond acceptors (Lipinski definition) is 4. The van der Waals surface area contributed by atoms with Gasteiger partial charge in [0.1, 0.15) is 0 Å². The maximum atomic E-state index is 6.07. The van der Waals surface area contributed by atoms with Gasteiger partial charge in [-0.3, -0.25) is 4.90 Å². The van der Waals surface area contributed by atoms with Crippen molar-refractivity contribution >= 4 is 0 Å². The molecule has 4 nitrogen and oxygen atoms in total. The fraction of sp³-hybridized carbons (Fsp3) is 1.00. The molecule has 2 N–H and O–H groups in total. The molecule has 0 aromatic carbocycles. The van der Waals surface area contributed by atoms with Gasteiger partial charge in [0.05, 0.1) is 25.4 Å². The second kappa shape index (κ2) is 7.22. The quantitative estimate of drug-likeness (QED) is 0.687. The highest BCUT2D eigenvalue weighted by Gasteiger charge is 2.26. The van der Waals surface area contributed by atoms with Crippen LogP contribution in [0.15, 0.2) is 0 Å². The lowest BCUT2D eigenvalue weighted by Crippen LogP contribution is -2.53. The highest BCUT2D eigenvalue weighted by molar-refractivity contribution is 4.81. The van der Waals surface area contributed by atoms with Gasteiger partial charge >= 0.3 is 0 Å². The van der Waals surface area contributed by atoms with E-state index in [0.717, 1.165) is 32.7 Å². The first kappa shape index (κ1) is 13.9. The Morgan fingerprint density at radius 2 is 2.25 bits per heavy atom. The van der Waals surface area contributed by atoms with Gasteiger partial charge in [0.2, 0.25) is 0 Å². The third-order valence-electron chi connectivity index (χ3n) is 2.99. The molecular weight excluding hydrogens is 204 g/mol. The lowest BCUT2D eigenvalue weighted by Gasteiger charge is -2.37. The Morgan fingerprint density at radius 1 is 1.50 bits per heavy atom. The number of nitrogens with two attached hydrogens (primary N) is 1. The summed E-state index contributed by atoms with van der Waals surface area (Å²) in [5.41, 5.74) is 6.07. The summed E-state index contributed by atoms with van der Waals surface area (Å²) < 4.78 is 11.2. The average Bonchev–Trinajstić information content (AvgIpc) is 2.29. The molecule has 0 aromatic heterocycles. The first-order chi connectivity index (χ1) is 7.65. The van der Waals surface area contributed by atoms with Crippen molar-refractivity contribution in [2.45, 2.75) is 45.4 Å². The number of ether oxygens (including phenoxy) is 2. The Morgan fingerprint density at radius 3 is 2.88 bits per heavy atom. The number of nitrogens with zero attached hydrogens (tertiary/aromatic N) is 1. The number of morpholine rings is 1. The fourth-order valence-electron chi connectivity index (χ4n) is 1.90. The molecule has 0 amide bonds. The number of hydrogen-bond donors (Lipinski definition) is 1. The summed E-state index contributed by atoms with van der Waals surface area (Å²) >= 11 is 0. The largest absolute Gasteiger partial charge is 0.380 e. The molecule has 2 unspecified atom stereocenters. The van der Waals surface area contributed by atoms with Crippen LogP contribution < -0.4 is 5.73 Å². The van der Waals surface area contributed by atoms with Crippen LogP contribution in [0.1, 0.15) is 27.2 Å². The molecule has 0 radical (unpaired) electrons. The van der Waals surface area contributed by atoms with Crippen molar-refractivity contribution in [2.75, 3.05) is 32.9 Å². The van der Waals surface area contributed by atoms with E-state index in [-0.39, 0.29) is 12.1 Å². The Labute approximate surface area is 99.1 Å². The second-order valence-corrected chi connectivity index (χ2v) is 4.74. The fourth-order valence-corrected chi connectivity index (χ4v) is 1.90. The highest BCUT2D eigenvalue weighted by Crippen LogP contribution is 2.11. The normalized spacial score (nSPS) is 24.9. The Bertz CT molecular complexity index is 188. The van der Waals surface area contributed by atoms with Crippen molar-refractivity contribution in [1.82, 2.24) is 4.90 Å². The van der Waals surface area contributed by atoms with E-state index in [9.17, 15) is 0 Å². The van der Waals surface area contributed by atoms with Crippen molar-refractivity contribution < 1.29 is 9.47 Å². The van der Waals surface area contributed by atoms with Gasteiger partial charge in [0.25, 0.3) is 0 Å². The molecule has 1 aliphatic heterocycles. The van der Waals surface area contributed by atoms with Crippen LogP contribution in [0.3, 0.4) is 0 Å². The van der Waals surface area contributed by atoms with E-state index >= 15 is 0 Å². The van der Waals surface area contributed by atoms with E-state index in [2.05, 4.69) is 25.7 Å². The van der Waals surface area contributed by atoms with Crippen LogP contribution in [0, 0.1) is 0 Å². The minimum Gasteiger partial charge on any atom is -0.380 e. The molecule has 0 bridgehead atoms. The van der Waals surface area contributed by atoms with E-state index in [1.165, 1.54) is 0 Å². The van der Waals surface area contributed by atoms with Crippen LogP contribution in [-0.4, -0.2) is 56.0 Å². The Kier molecular flexibility index (Phi) is 6.28. The van der Waals surface area contributed by atoms with Crippen molar-refractivity contribution in [3.63, 3.8) is 0 Å². The summed E-state index contributed by atoms with van der Waals surface area (Å²) in [6.07, 6.45) is 1.16. The summed E-state index contributed by atoms with van der Waals surface area (Å²) in [4.78, 5) is 2.41. The monoisotopic (exact) mass is 230 g/mol. The molecule has 0 spiro atoms. The van der Waals surface area contributed by atoms with E-state index < -0.39 is 0 Å². The van der Waals surface area contributed by atoms with Gasteiger partial charge in [0.15, 0.2) is 0 Å². The van der Waals surface area contributed by atoms with Crippen LogP contribution in [-0.2, 0) is 9.47 Å². The molecule has 4 heteroatoms. The first-order valence-electron chi connectivity index (χ1n) is 6.34. The summed E-state index contributed by atoms with van der Waals surface area (Å²) in [5.74, 6) is 0. The molecule has 96 valence electrons. The van der Waals surface area contributed by atoms with Gasteiger partial charge in [-0.25, -0.2) is 0 Å². The minimum atomic E-state index is -0.00639. The van der Waals surface area contributed by atoms with Gasteiger partial charge in [0, 0.05) is 25.7 Å². The third kappa shape index (κ3) is 4.37. The Hall–Kier alpha value is -0.160. The van der Waals surface area contributed by atoms with E-state index in [1.54, 1.807) is 0 Å². The van der Waals surface area contributed by atoms with Crippen molar-refractivity contribution in [3.05, 3.63) is 0 Å². The van der Waals surface area contributed by atoms with Gasteiger partial charge in [-0.1, -0.05) is 6.92 Å². The minimum absolute atomic E-state index is 0.00639. The topological polar surface area (TPSA) is 47.7 Å². The van der Waals surface area contributed by atoms with Crippen molar-refractivity contribution in [1.29, 1.82) is 0 Å². The smallest absolute Gasteiger partial charge is 0.0875 e. The second-order valence-electron chi connectivity index (χ2n) is 4.74. The predicted molar refractivity (Wildman–Crippen MR) is 65.5 cm³/mol. The molecule has 0 aliphatic carbocycles. The summed E-state index contributed by atoms with van der Waals surface area (Å²) in [7, 11) is 0. The van der Waals surface area contributed by atoms with Crippen LogP contribution in [0.25, 0.3) is 0 Å². The van der Waals surface area contributed by atoms with Gasteiger partial charge in [-0.15, -0.1) is 0 Å². The van der Waals surface area contributed by atoms with E-state index in [0.29, 0.717) is 12.6 Å². The zero-order valence-corrected chi connectivity index (χ0v) is 10.8. The first-order valence-corrected chi connectivity index (χ1v) is 6.34. The summed E-state index contributed by atoms with van der Waals surface area (Å²) in [5, 5.41) is 0. The van der Waals surface area contributed by atoms with Crippen LogP contribution in [0.2, 0.25) is 0 Å². The highest BCUT2D eigenvalue weighted by atomic mass is 16.5. The molecule has 2 atom stereocenters. The summed E-state index contributed by atoms with van der Waals surface area (Å²) in [6, 6.07) is 0.559. The van der Waals surface area contributed by atoms with Crippen LogP contribution in [0.4, 0.5) is 0 Å². The van der Waals surface area contributed by atoms with E-state index in [1.807, 2.05) is 0 Å². The van der Waals surface area contributed by atoms with Gasteiger partial charge in [-0.2, -0.15) is 0 Å². The lowest BCUT2D eigenvalue weighted by atomic mass is 10.1.